The predicted octanol–water partition coefficient (Wildman–Crippen LogP) is 2.33. The van der Waals surface area contributed by atoms with E-state index in [0.717, 1.165) is 12.1 Å². The first kappa shape index (κ1) is 17.4. The summed E-state index contributed by atoms with van der Waals surface area (Å²) < 4.78 is 13.6. The summed E-state index contributed by atoms with van der Waals surface area (Å²) in [5, 5.41) is 2.90. The molecule has 1 heterocycles. The summed E-state index contributed by atoms with van der Waals surface area (Å²) in [4.78, 5) is 13.6. The highest BCUT2D eigenvalue weighted by Crippen LogP contribution is 2.09. The zero-order chi connectivity index (χ0) is 17.5. The largest absolute Gasteiger partial charge is 0.348 e. The van der Waals surface area contributed by atoms with E-state index in [0.29, 0.717) is 12.1 Å². The van der Waals surface area contributed by atoms with Crippen molar-refractivity contribution in [3.05, 3.63) is 77.1 Å². The van der Waals surface area contributed by atoms with Crippen LogP contribution in [-0.2, 0) is 17.9 Å². The van der Waals surface area contributed by atoms with E-state index in [2.05, 4.69) is 17.4 Å². The van der Waals surface area contributed by atoms with Crippen LogP contribution >= 0.6 is 0 Å². The Morgan fingerprint density at radius 2 is 1.72 bits per heavy atom. The average molecular weight is 339 g/mol. The molecule has 1 saturated heterocycles. The Labute approximate surface area is 148 Å². The number of rotatable bonds is 6. The van der Waals surface area contributed by atoms with Gasteiger partial charge in [-0.1, -0.05) is 42.5 Å². The van der Waals surface area contributed by atoms with Gasteiger partial charge in [0.2, 0.25) is 5.91 Å². The standard InChI is InChI=1S/C21H23FN2O/c22-20-10-4-3-7-17(20)11-12-21(25)23-15-18-8-1-2-9-19(18)16-24-13-5-6-14-24/h1-4,7-12H,5-6,13-16H2,(H,23,25)/p+1/b12-11+. The zero-order valence-electron chi connectivity index (χ0n) is 14.3. The van der Waals surface area contributed by atoms with E-state index in [9.17, 15) is 9.18 Å². The summed E-state index contributed by atoms with van der Waals surface area (Å²) >= 11 is 0. The van der Waals surface area contributed by atoms with Gasteiger partial charge in [-0.2, -0.15) is 0 Å². The molecule has 0 aliphatic carbocycles. The van der Waals surface area contributed by atoms with Crippen LogP contribution in [0.15, 0.2) is 54.6 Å². The molecule has 130 valence electrons. The van der Waals surface area contributed by atoms with Crippen LogP contribution in [0, 0.1) is 5.82 Å². The minimum absolute atomic E-state index is 0.216. The number of nitrogens with one attached hydrogen (secondary N) is 2. The fourth-order valence-corrected chi connectivity index (χ4v) is 3.24. The summed E-state index contributed by atoms with van der Waals surface area (Å²) in [6.07, 6.45) is 5.49. The number of halogens is 1. The lowest BCUT2D eigenvalue weighted by Crippen LogP contribution is -3.08. The van der Waals surface area contributed by atoms with Crippen LogP contribution in [0.25, 0.3) is 6.08 Å². The molecule has 1 amide bonds. The second kappa shape index (κ2) is 8.58. The highest BCUT2D eigenvalue weighted by atomic mass is 19.1. The predicted molar refractivity (Wildman–Crippen MR) is 97.4 cm³/mol. The summed E-state index contributed by atoms with van der Waals surface area (Å²) in [6.45, 7) is 3.96. The third-order valence-electron chi connectivity index (χ3n) is 4.64. The van der Waals surface area contributed by atoms with E-state index in [1.807, 2.05) is 12.1 Å². The van der Waals surface area contributed by atoms with Crippen LogP contribution in [0.5, 0.6) is 0 Å². The summed E-state index contributed by atoms with van der Waals surface area (Å²) in [6, 6.07) is 14.7. The van der Waals surface area contributed by atoms with Gasteiger partial charge in [-0.25, -0.2) is 4.39 Å². The van der Waals surface area contributed by atoms with Crippen LogP contribution in [0.3, 0.4) is 0 Å². The Balaban J connectivity index is 1.57. The third kappa shape index (κ3) is 5.00. The first-order valence-corrected chi connectivity index (χ1v) is 8.83. The molecule has 1 fully saturated rings. The first-order valence-electron chi connectivity index (χ1n) is 8.83. The second-order valence-electron chi connectivity index (χ2n) is 6.48. The van der Waals surface area contributed by atoms with Gasteiger partial charge in [0.15, 0.2) is 0 Å². The van der Waals surface area contributed by atoms with Gasteiger partial charge in [0.25, 0.3) is 0 Å². The Kier molecular flexibility index (Phi) is 5.96. The molecule has 2 N–H and O–H groups in total. The van der Waals surface area contributed by atoms with Crippen molar-refractivity contribution in [2.24, 2.45) is 0 Å². The van der Waals surface area contributed by atoms with Gasteiger partial charge in [-0.3, -0.25) is 4.79 Å². The van der Waals surface area contributed by atoms with E-state index >= 15 is 0 Å². The number of likely N-dealkylation sites (tertiary alicyclic amines) is 1. The molecule has 1 aliphatic heterocycles. The van der Waals surface area contributed by atoms with Crippen molar-refractivity contribution in [2.75, 3.05) is 13.1 Å². The quantitative estimate of drug-likeness (QED) is 0.778. The molecule has 4 heteroatoms. The molecule has 0 bridgehead atoms. The lowest BCUT2D eigenvalue weighted by atomic mass is 10.1. The van der Waals surface area contributed by atoms with Crippen LogP contribution in [-0.4, -0.2) is 19.0 Å². The number of carbonyl (C=O) groups excluding carboxylic acids is 1. The molecule has 2 aromatic carbocycles. The Bertz CT molecular complexity index is 751. The van der Waals surface area contributed by atoms with Crippen LogP contribution in [0.2, 0.25) is 0 Å². The van der Waals surface area contributed by atoms with Gasteiger partial charge in [-0.15, -0.1) is 0 Å². The maximum atomic E-state index is 13.6. The van der Waals surface area contributed by atoms with Gasteiger partial charge in [0.1, 0.15) is 12.4 Å². The zero-order valence-corrected chi connectivity index (χ0v) is 14.3. The number of benzene rings is 2. The summed E-state index contributed by atoms with van der Waals surface area (Å²) in [5.41, 5.74) is 2.85. The monoisotopic (exact) mass is 339 g/mol. The smallest absolute Gasteiger partial charge is 0.244 e. The molecular formula is C21H24FN2O+. The maximum Gasteiger partial charge on any atom is 0.244 e. The van der Waals surface area contributed by atoms with Gasteiger partial charge in [-0.05, 0) is 17.7 Å². The molecule has 3 nitrogen and oxygen atoms in total. The number of hydrogen-bond donors (Lipinski definition) is 2. The van der Waals surface area contributed by atoms with Crippen LogP contribution < -0.4 is 10.2 Å². The molecule has 3 rings (SSSR count). The van der Waals surface area contributed by atoms with E-state index < -0.39 is 0 Å². The van der Waals surface area contributed by atoms with E-state index in [-0.39, 0.29) is 11.7 Å². The van der Waals surface area contributed by atoms with E-state index in [1.165, 1.54) is 49.7 Å². The molecule has 25 heavy (non-hydrogen) atoms. The van der Waals surface area contributed by atoms with E-state index in [4.69, 9.17) is 0 Å². The van der Waals surface area contributed by atoms with Crippen molar-refractivity contribution in [2.45, 2.75) is 25.9 Å². The number of amides is 1. The molecule has 2 aromatic rings. The Hall–Kier alpha value is -2.46. The Morgan fingerprint density at radius 1 is 1.04 bits per heavy atom. The maximum absolute atomic E-state index is 13.6. The normalized spacial score (nSPS) is 14.9. The summed E-state index contributed by atoms with van der Waals surface area (Å²) in [5.74, 6) is -0.544. The SMILES string of the molecule is O=C(/C=C/c1ccccc1F)NCc1ccccc1C[NH+]1CCCC1. The van der Waals surface area contributed by atoms with Crippen LogP contribution in [0.1, 0.15) is 29.5 Å². The highest BCUT2D eigenvalue weighted by Gasteiger charge is 2.17. The molecule has 0 atom stereocenters. The molecule has 0 aromatic heterocycles. The van der Waals surface area contributed by atoms with Gasteiger partial charge < -0.3 is 10.2 Å². The van der Waals surface area contributed by atoms with Gasteiger partial charge in [0, 0.05) is 36.6 Å². The molecule has 1 aliphatic rings. The number of quaternary nitrogens is 1. The lowest BCUT2D eigenvalue weighted by Gasteiger charge is -2.15. The fourth-order valence-electron chi connectivity index (χ4n) is 3.24. The highest BCUT2D eigenvalue weighted by molar-refractivity contribution is 5.91. The number of hydrogen-bond acceptors (Lipinski definition) is 1. The van der Waals surface area contributed by atoms with Gasteiger partial charge >= 0.3 is 0 Å². The van der Waals surface area contributed by atoms with Gasteiger partial charge in [0.05, 0.1) is 13.1 Å². The Morgan fingerprint density at radius 3 is 2.48 bits per heavy atom. The van der Waals surface area contributed by atoms with Crippen molar-refractivity contribution in [1.29, 1.82) is 0 Å². The van der Waals surface area contributed by atoms with E-state index in [1.54, 1.807) is 23.1 Å². The van der Waals surface area contributed by atoms with Crippen molar-refractivity contribution in [3.63, 3.8) is 0 Å². The van der Waals surface area contributed by atoms with Crippen molar-refractivity contribution in [3.8, 4) is 0 Å². The number of carbonyl (C=O) groups is 1. The molecule has 0 saturated carbocycles. The summed E-state index contributed by atoms with van der Waals surface area (Å²) in [7, 11) is 0. The van der Waals surface area contributed by atoms with Crippen molar-refractivity contribution >= 4 is 12.0 Å². The minimum atomic E-state index is -0.328. The molecule has 0 radical (unpaired) electrons. The lowest BCUT2D eigenvalue weighted by molar-refractivity contribution is -0.901. The average Bonchev–Trinajstić information content (AvgIpc) is 3.13. The third-order valence-corrected chi connectivity index (χ3v) is 4.64. The first-order chi connectivity index (χ1) is 12.2. The minimum Gasteiger partial charge on any atom is -0.348 e. The van der Waals surface area contributed by atoms with Crippen molar-refractivity contribution in [1.82, 2.24) is 5.32 Å². The molecule has 0 spiro atoms. The molecule has 0 unspecified atom stereocenters. The van der Waals surface area contributed by atoms with Crippen LogP contribution in [0.4, 0.5) is 4.39 Å². The topological polar surface area (TPSA) is 33.5 Å². The van der Waals surface area contributed by atoms with Crippen molar-refractivity contribution < 1.29 is 14.1 Å². The molecular weight excluding hydrogens is 315 g/mol. The second-order valence-corrected chi connectivity index (χ2v) is 6.48. The fraction of sp³-hybridized carbons (Fsp3) is 0.286.